The SMILES string of the molecule is CC(=O)Nc1cc(C(=O)NC(=NC[C@@H]2CCCO2)Nc2ccc(C(C)C)cc2)ccc1C. The molecule has 7 heteroatoms. The van der Waals surface area contributed by atoms with Crippen LogP contribution in [-0.2, 0) is 9.53 Å². The molecule has 1 saturated heterocycles. The number of rotatable bonds is 6. The average Bonchev–Trinajstić information content (AvgIpc) is 3.27. The maximum Gasteiger partial charge on any atom is 0.258 e. The number of anilines is 2. The van der Waals surface area contributed by atoms with Gasteiger partial charge in [-0.2, -0.15) is 0 Å². The van der Waals surface area contributed by atoms with E-state index in [1.807, 2.05) is 19.1 Å². The van der Waals surface area contributed by atoms with Gasteiger partial charge < -0.3 is 15.4 Å². The van der Waals surface area contributed by atoms with Crippen LogP contribution in [0.5, 0.6) is 0 Å². The Morgan fingerprint density at radius 1 is 1.12 bits per heavy atom. The first-order chi connectivity index (χ1) is 15.3. The second-order valence-corrected chi connectivity index (χ2v) is 8.39. The van der Waals surface area contributed by atoms with Gasteiger partial charge in [0.1, 0.15) is 0 Å². The number of carbonyl (C=O) groups excluding carboxylic acids is 2. The molecule has 0 bridgehead atoms. The quantitative estimate of drug-likeness (QED) is 0.461. The van der Waals surface area contributed by atoms with Gasteiger partial charge in [0, 0.05) is 30.5 Å². The fourth-order valence-corrected chi connectivity index (χ4v) is 3.45. The van der Waals surface area contributed by atoms with Crippen molar-refractivity contribution in [1.29, 1.82) is 0 Å². The van der Waals surface area contributed by atoms with Crippen molar-refractivity contribution < 1.29 is 14.3 Å². The van der Waals surface area contributed by atoms with E-state index >= 15 is 0 Å². The van der Waals surface area contributed by atoms with Crippen molar-refractivity contribution >= 4 is 29.1 Å². The molecule has 1 fully saturated rings. The second kappa shape index (κ2) is 10.9. The Labute approximate surface area is 189 Å². The summed E-state index contributed by atoms with van der Waals surface area (Å²) in [7, 11) is 0. The minimum atomic E-state index is -0.311. The molecule has 2 amide bonds. The van der Waals surface area contributed by atoms with Gasteiger partial charge >= 0.3 is 0 Å². The molecule has 0 spiro atoms. The maximum absolute atomic E-state index is 13.0. The van der Waals surface area contributed by atoms with E-state index in [0.29, 0.717) is 29.7 Å². The van der Waals surface area contributed by atoms with Gasteiger partial charge in [0.2, 0.25) is 11.9 Å². The van der Waals surface area contributed by atoms with Crippen molar-refractivity contribution in [3.63, 3.8) is 0 Å². The first-order valence-electron chi connectivity index (χ1n) is 11.0. The minimum absolute atomic E-state index is 0.0674. The van der Waals surface area contributed by atoms with Gasteiger partial charge in [0.25, 0.3) is 5.91 Å². The highest BCUT2D eigenvalue weighted by molar-refractivity contribution is 6.10. The second-order valence-electron chi connectivity index (χ2n) is 8.39. The zero-order valence-electron chi connectivity index (χ0n) is 19.2. The van der Waals surface area contributed by atoms with Gasteiger partial charge in [0.15, 0.2) is 0 Å². The third-order valence-electron chi connectivity index (χ3n) is 5.36. The largest absolute Gasteiger partial charge is 0.376 e. The molecule has 0 unspecified atom stereocenters. The van der Waals surface area contributed by atoms with Crippen LogP contribution >= 0.6 is 0 Å². The summed E-state index contributed by atoms with van der Waals surface area (Å²) in [6, 6.07) is 13.3. The zero-order valence-corrected chi connectivity index (χ0v) is 19.2. The molecule has 3 rings (SSSR count). The predicted octanol–water partition coefficient (Wildman–Crippen LogP) is 4.45. The molecule has 1 aliphatic heterocycles. The summed E-state index contributed by atoms with van der Waals surface area (Å²) in [6.45, 7) is 8.83. The maximum atomic E-state index is 13.0. The smallest absolute Gasteiger partial charge is 0.258 e. The topological polar surface area (TPSA) is 91.8 Å². The van der Waals surface area contributed by atoms with Crippen LogP contribution in [0.1, 0.15) is 61.0 Å². The minimum Gasteiger partial charge on any atom is -0.376 e. The van der Waals surface area contributed by atoms with Crippen LogP contribution in [-0.4, -0.2) is 37.0 Å². The van der Waals surface area contributed by atoms with Gasteiger partial charge in [0.05, 0.1) is 12.6 Å². The number of hydrogen-bond acceptors (Lipinski definition) is 4. The Hall–Kier alpha value is -3.19. The van der Waals surface area contributed by atoms with E-state index in [1.54, 1.807) is 18.2 Å². The Bertz CT molecular complexity index is 977. The highest BCUT2D eigenvalue weighted by atomic mass is 16.5. The zero-order chi connectivity index (χ0) is 23.1. The van der Waals surface area contributed by atoms with Crippen molar-refractivity contribution in [3.05, 3.63) is 59.2 Å². The summed E-state index contributed by atoms with van der Waals surface area (Å²) in [4.78, 5) is 29.0. The van der Waals surface area contributed by atoms with E-state index in [4.69, 9.17) is 4.74 Å². The molecule has 1 heterocycles. The number of amides is 2. The summed E-state index contributed by atoms with van der Waals surface area (Å²) in [5, 5.41) is 8.85. The number of aliphatic imine (C=N–C) groups is 1. The molecule has 0 saturated carbocycles. The van der Waals surface area contributed by atoms with E-state index in [0.717, 1.165) is 30.7 Å². The summed E-state index contributed by atoms with van der Waals surface area (Å²) in [6.07, 6.45) is 2.06. The van der Waals surface area contributed by atoms with Gasteiger partial charge in [-0.1, -0.05) is 32.0 Å². The lowest BCUT2D eigenvalue weighted by atomic mass is 10.0. The first-order valence-corrected chi connectivity index (χ1v) is 11.0. The number of hydrogen-bond donors (Lipinski definition) is 3. The molecule has 170 valence electrons. The van der Waals surface area contributed by atoms with Crippen LogP contribution in [0.25, 0.3) is 0 Å². The summed E-state index contributed by atoms with van der Waals surface area (Å²) in [5.74, 6) is 0.310. The molecular formula is C25H32N4O3. The van der Waals surface area contributed by atoms with Crippen LogP contribution in [0.4, 0.5) is 11.4 Å². The summed E-state index contributed by atoms with van der Waals surface area (Å²) < 4.78 is 5.66. The Balaban J connectivity index is 1.77. The third kappa shape index (κ3) is 6.65. The van der Waals surface area contributed by atoms with Crippen molar-refractivity contribution in [3.8, 4) is 0 Å². The van der Waals surface area contributed by atoms with E-state index in [2.05, 4.69) is 46.9 Å². The number of guanidine groups is 1. The van der Waals surface area contributed by atoms with Crippen LogP contribution < -0.4 is 16.0 Å². The average molecular weight is 437 g/mol. The van der Waals surface area contributed by atoms with Gasteiger partial charge in [-0.25, -0.2) is 4.99 Å². The van der Waals surface area contributed by atoms with Crippen LogP contribution in [0.3, 0.4) is 0 Å². The van der Waals surface area contributed by atoms with E-state index < -0.39 is 0 Å². The third-order valence-corrected chi connectivity index (χ3v) is 5.36. The normalized spacial score (nSPS) is 16.2. The van der Waals surface area contributed by atoms with Crippen molar-refractivity contribution in [2.45, 2.75) is 52.6 Å². The standard InChI is InChI=1S/C25H32N4O3/c1-16(2)19-9-11-21(12-10-19)28-25(26-15-22-6-5-13-32-22)29-24(31)20-8-7-17(3)23(14-20)27-18(4)30/h7-12,14,16,22H,5-6,13,15H2,1-4H3,(H,27,30)(H2,26,28,29,31)/t22-/m0/s1. The Morgan fingerprint density at radius 2 is 1.88 bits per heavy atom. The Kier molecular flexibility index (Phi) is 8.00. The highest BCUT2D eigenvalue weighted by Crippen LogP contribution is 2.19. The number of ether oxygens (including phenoxy) is 1. The number of nitrogens with one attached hydrogen (secondary N) is 3. The van der Waals surface area contributed by atoms with Crippen LogP contribution in [0, 0.1) is 6.92 Å². The van der Waals surface area contributed by atoms with Crippen LogP contribution in [0.2, 0.25) is 0 Å². The predicted molar refractivity (Wildman–Crippen MR) is 128 cm³/mol. The molecule has 0 radical (unpaired) electrons. The lowest BCUT2D eigenvalue weighted by molar-refractivity contribution is -0.114. The first kappa shape index (κ1) is 23.5. The molecule has 7 nitrogen and oxygen atoms in total. The summed E-state index contributed by atoms with van der Waals surface area (Å²) in [5.41, 5.74) is 4.00. The number of nitrogens with zero attached hydrogens (tertiary/aromatic N) is 1. The van der Waals surface area contributed by atoms with E-state index in [1.165, 1.54) is 12.5 Å². The van der Waals surface area contributed by atoms with E-state index in [-0.39, 0.29) is 17.9 Å². The van der Waals surface area contributed by atoms with Crippen molar-refractivity contribution in [2.75, 3.05) is 23.8 Å². The van der Waals surface area contributed by atoms with Crippen molar-refractivity contribution in [2.24, 2.45) is 4.99 Å². The highest BCUT2D eigenvalue weighted by Gasteiger charge is 2.17. The molecule has 0 aromatic heterocycles. The molecule has 2 aromatic rings. The molecule has 1 atom stereocenters. The Morgan fingerprint density at radius 3 is 2.50 bits per heavy atom. The van der Waals surface area contributed by atoms with E-state index in [9.17, 15) is 9.59 Å². The molecular weight excluding hydrogens is 404 g/mol. The van der Waals surface area contributed by atoms with Crippen LogP contribution in [0.15, 0.2) is 47.5 Å². The lowest BCUT2D eigenvalue weighted by Crippen LogP contribution is -2.36. The number of carbonyl (C=O) groups is 2. The monoisotopic (exact) mass is 436 g/mol. The molecule has 2 aromatic carbocycles. The van der Waals surface area contributed by atoms with Gasteiger partial charge in [-0.15, -0.1) is 0 Å². The lowest BCUT2D eigenvalue weighted by Gasteiger charge is -2.15. The van der Waals surface area contributed by atoms with Gasteiger partial charge in [-0.3, -0.25) is 14.9 Å². The fourth-order valence-electron chi connectivity index (χ4n) is 3.45. The molecule has 32 heavy (non-hydrogen) atoms. The number of aryl methyl sites for hydroxylation is 1. The fraction of sp³-hybridized carbons (Fsp3) is 0.400. The molecule has 3 N–H and O–H groups in total. The summed E-state index contributed by atoms with van der Waals surface area (Å²) >= 11 is 0. The molecule has 1 aliphatic rings. The number of benzene rings is 2. The van der Waals surface area contributed by atoms with Crippen molar-refractivity contribution in [1.82, 2.24) is 5.32 Å². The van der Waals surface area contributed by atoms with Gasteiger partial charge in [-0.05, 0) is 61.1 Å². The molecule has 0 aliphatic carbocycles.